The Hall–Kier alpha value is -0.820. The van der Waals surface area contributed by atoms with E-state index in [4.69, 9.17) is 0 Å². The summed E-state index contributed by atoms with van der Waals surface area (Å²) in [5.41, 5.74) is 3.03. The van der Waals surface area contributed by atoms with Crippen LogP contribution in [0, 0.1) is 0 Å². The summed E-state index contributed by atoms with van der Waals surface area (Å²) in [7, 11) is 0. The zero-order valence-electron chi connectivity index (χ0n) is 13.9. The second-order valence-corrected chi connectivity index (χ2v) is 6.67. The molecule has 1 heteroatoms. The van der Waals surface area contributed by atoms with Crippen LogP contribution in [0.4, 0.5) is 0 Å². The van der Waals surface area contributed by atoms with Crippen molar-refractivity contribution in [2.24, 2.45) is 0 Å². The number of aryl methyl sites for hydroxylation is 2. The standard InChI is InChI=1S/C20H33N/c1-2-3-4-5-6-7-9-18-11-13-19(14-12-18)15-16-20-10-8-17-21-20/h11-14,20-21H,2-10,15-17H2,1H3/t20-/m0/s1. The van der Waals surface area contributed by atoms with Crippen molar-refractivity contribution in [1.29, 1.82) is 0 Å². The van der Waals surface area contributed by atoms with Gasteiger partial charge in [-0.05, 0) is 56.2 Å². The number of benzene rings is 1. The van der Waals surface area contributed by atoms with Gasteiger partial charge in [-0.15, -0.1) is 0 Å². The molecule has 0 aromatic heterocycles. The molecule has 1 aliphatic heterocycles. The Balaban J connectivity index is 1.59. The average molecular weight is 287 g/mol. The first-order valence-corrected chi connectivity index (χ1v) is 9.19. The number of nitrogens with one attached hydrogen (secondary N) is 1. The van der Waals surface area contributed by atoms with E-state index >= 15 is 0 Å². The summed E-state index contributed by atoms with van der Waals surface area (Å²) in [5, 5.41) is 3.59. The van der Waals surface area contributed by atoms with E-state index in [9.17, 15) is 0 Å². The molecule has 0 aliphatic carbocycles. The highest BCUT2D eigenvalue weighted by molar-refractivity contribution is 5.22. The highest BCUT2D eigenvalue weighted by atomic mass is 14.9. The minimum absolute atomic E-state index is 0.771. The Kier molecular flexibility index (Phi) is 7.88. The molecule has 1 heterocycles. The molecule has 118 valence electrons. The van der Waals surface area contributed by atoms with Gasteiger partial charge < -0.3 is 5.32 Å². The minimum Gasteiger partial charge on any atom is -0.314 e. The maximum atomic E-state index is 3.59. The highest BCUT2D eigenvalue weighted by Gasteiger charge is 2.13. The predicted octanol–water partition coefficient (Wildman–Crippen LogP) is 5.27. The van der Waals surface area contributed by atoms with E-state index in [2.05, 4.69) is 36.5 Å². The average Bonchev–Trinajstić information content (AvgIpc) is 3.03. The fraction of sp³-hybridized carbons (Fsp3) is 0.700. The van der Waals surface area contributed by atoms with Crippen molar-refractivity contribution in [3.8, 4) is 0 Å². The Morgan fingerprint density at radius 3 is 2.24 bits per heavy atom. The van der Waals surface area contributed by atoms with E-state index in [1.807, 2.05) is 0 Å². The molecule has 0 radical (unpaired) electrons. The first-order valence-electron chi connectivity index (χ1n) is 9.19. The lowest BCUT2D eigenvalue weighted by Gasteiger charge is -2.10. The zero-order chi connectivity index (χ0) is 14.8. The van der Waals surface area contributed by atoms with Crippen LogP contribution in [0.15, 0.2) is 24.3 Å². The number of rotatable bonds is 10. The normalized spacial score (nSPS) is 18.2. The summed E-state index contributed by atoms with van der Waals surface area (Å²) in [4.78, 5) is 0. The minimum atomic E-state index is 0.771. The lowest BCUT2D eigenvalue weighted by Crippen LogP contribution is -2.21. The maximum absolute atomic E-state index is 3.59. The van der Waals surface area contributed by atoms with E-state index in [0.29, 0.717) is 0 Å². The topological polar surface area (TPSA) is 12.0 Å². The third kappa shape index (κ3) is 6.65. The Labute approximate surface area is 131 Å². The van der Waals surface area contributed by atoms with E-state index in [1.54, 1.807) is 0 Å². The molecular weight excluding hydrogens is 254 g/mol. The van der Waals surface area contributed by atoms with Crippen molar-refractivity contribution in [3.05, 3.63) is 35.4 Å². The Morgan fingerprint density at radius 1 is 0.905 bits per heavy atom. The van der Waals surface area contributed by atoms with Gasteiger partial charge in [0.1, 0.15) is 0 Å². The van der Waals surface area contributed by atoms with Gasteiger partial charge in [-0.25, -0.2) is 0 Å². The third-order valence-corrected chi connectivity index (χ3v) is 4.79. The molecule has 1 N–H and O–H groups in total. The molecule has 0 amide bonds. The van der Waals surface area contributed by atoms with Crippen LogP contribution in [0.3, 0.4) is 0 Å². The highest BCUT2D eigenvalue weighted by Crippen LogP contribution is 2.15. The third-order valence-electron chi connectivity index (χ3n) is 4.79. The Morgan fingerprint density at radius 2 is 1.57 bits per heavy atom. The smallest absolute Gasteiger partial charge is 0.00707 e. The van der Waals surface area contributed by atoms with Gasteiger partial charge in [-0.2, -0.15) is 0 Å². The van der Waals surface area contributed by atoms with E-state index in [1.165, 1.54) is 88.3 Å². The molecule has 1 fully saturated rings. The Bertz CT molecular complexity index is 362. The first-order chi connectivity index (χ1) is 10.4. The molecule has 1 aromatic carbocycles. The van der Waals surface area contributed by atoms with Gasteiger partial charge in [-0.1, -0.05) is 63.3 Å². The molecule has 1 aliphatic rings. The van der Waals surface area contributed by atoms with Crippen LogP contribution in [0.5, 0.6) is 0 Å². The quantitative estimate of drug-likeness (QED) is 0.578. The van der Waals surface area contributed by atoms with Gasteiger partial charge in [0.2, 0.25) is 0 Å². The van der Waals surface area contributed by atoms with Gasteiger partial charge >= 0.3 is 0 Å². The summed E-state index contributed by atoms with van der Waals surface area (Å²) >= 11 is 0. The lowest BCUT2D eigenvalue weighted by atomic mass is 10.0. The van der Waals surface area contributed by atoms with Gasteiger partial charge in [-0.3, -0.25) is 0 Å². The summed E-state index contributed by atoms with van der Waals surface area (Å²) < 4.78 is 0. The second kappa shape index (κ2) is 10.00. The predicted molar refractivity (Wildman–Crippen MR) is 92.9 cm³/mol. The van der Waals surface area contributed by atoms with Crippen molar-refractivity contribution >= 4 is 0 Å². The summed E-state index contributed by atoms with van der Waals surface area (Å²) in [6.07, 6.45) is 14.9. The van der Waals surface area contributed by atoms with Crippen molar-refractivity contribution in [2.45, 2.75) is 83.6 Å². The van der Waals surface area contributed by atoms with Crippen LogP contribution in [-0.2, 0) is 12.8 Å². The van der Waals surface area contributed by atoms with Crippen molar-refractivity contribution in [3.63, 3.8) is 0 Å². The molecule has 0 spiro atoms. The molecular formula is C20H33N. The van der Waals surface area contributed by atoms with Crippen LogP contribution >= 0.6 is 0 Å². The molecule has 0 bridgehead atoms. The van der Waals surface area contributed by atoms with Crippen molar-refractivity contribution in [1.82, 2.24) is 5.32 Å². The molecule has 1 atom stereocenters. The molecule has 0 saturated carbocycles. The molecule has 21 heavy (non-hydrogen) atoms. The van der Waals surface area contributed by atoms with Crippen molar-refractivity contribution in [2.75, 3.05) is 6.54 Å². The summed E-state index contributed by atoms with van der Waals surface area (Å²) in [6.45, 7) is 3.51. The van der Waals surface area contributed by atoms with Crippen LogP contribution in [0.25, 0.3) is 0 Å². The largest absolute Gasteiger partial charge is 0.314 e. The fourth-order valence-corrected chi connectivity index (χ4v) is 3.33. The maximum Gasteiger partial charge on any atom is 0.00707 e. The molecule has 1 nitrogen and oxygen atoms in total. The molecule has 0 unspecified atom stereocenters. The molecule has 1 aromatic rings. The fourth-order valence-electron chi connectivity index (χ4n) is 3.33. The van der Waals surface area contributed by atoms with E-state index in [0.717, 1.165) is 6.04 Å². The summed E-state index contributed by atoms with van der Waals surface area (Å²) in [5.74, 6) is 0. The number of hydrogen-bond acceptors (Lipinski definition) is 1. The molecule has 2 rings (SSSR count). The molecule has 1 saturated heterocycles. The SMILES string of the molecule is CCCCCCCCc1ccc(CC[C@@H]2CCCN2)cc1. The summed E-state index contributed by atoms with van der Waals surface area (Å²) in [6, 6.07) is 10.2. The van der Waals surface area contributed by atoms with Crippen molar-refractivity contribution < 1.29 is 0 Å². The van der Waals surface area contributed by atoms with Gasteiger partial charge in [0.05, 0.1) is 0 Å². The lowest BCUT2D eigenvalue weighted by molar-refractivity contribution is 0.559. The van der Waals surface area contributed by atoms with Gasteiger partial charge in [0.25, 0.3) is 0 Å². The number of hydrogen-bond donors (Lipinski definition) is 1. The second-order valence-electron chi connectivity index (χ2n) is 6.67. The van der Waals surface area contributed by atoms with Gasteiger partial charge in [0, 0.05) is 6.04 Å². The van der Waals surface area contributed by atoms with E-state index < -0.39 is 0 Å². The number of unbranched alkanes of at least 4 members (excludes halogenated alkanes) is 5. The van der Waals surface area contributed by atoms with Gasteiger partial charge in [0.15, 0.2) is 0 Å². The van der Waals surface area contributed by atoms with Crippen LogP contribution in [0.2, 0.25) is 0 Å². The van der Waals surface area contributed by atoms with Crippen LogP contribution in [-0.4, -0.2) is 12.6 Å². The zero-order valence-corrected chi connectivity index (χ0v) is 13.9. The monoisotopic (exact) mass is 287 g/mol. The van der Waals surface area contributed by atoms with Crippen LogP contribution in [0.1, 0.15) is 75.8 Å². The van der Waals surface area contributed by atoms with Crippen LogP contribution < -0.4 is 5.32 Å². The van der Waals surface area contributed by atoms with E-state index in [-0.39, 0.29) is 0 Å². The first kappa shape index (κ1) is 16.5.